The smallest absolute Gasteiger partial charge is 0.194 e. The Balaban J connectivity index is 1.68. The summed E-state index contributed by atoms with van der Waals surface area (Å²) in [7, 11) is 0. The number of aliphatic hydroxyl groups excluding tert-OH is 1. The molecular weight excluding hydrogens is 316 g/mol. The zero-order valence-electron chi connectivity index (χ0n) is 15.2. The number of β-amino-alcohol motifs (C(OH)–C–C–N with tert-alkyl or cyclic N) is 1. The molecule has 138 valence electrons. The van der Waals surface area contributed by atoms with Crippen molar-refractivity contribution in [1.29, 1.82) is 0 Å². The minimum Gasteiger partial charge on any atom is -0.391 e. The SMILES string of the molecule is CCNC(=NCc1ccccc1CN1CCOCC1)N1CC[C@@H](O)C1. The minimum atomic E-state index is -0.238. The first kappa shape index (κ1) is 18.2. The summed E-state index contributed by atoms with van der Waals surface area (Å²) in [6, 6.07) is 8.56. The molecular formula is C19H30N4O2. The van der Waals surface area contributed by atoms with Gasteiger partial charge in [-0.05, 0) is 24.5 Å². The summed E-state index contributed by atoms with van der Waals surface area (Å²) >= 11 is 0. The van der Waals surface area contributed by atoms with Gasteiger partial charge >= 0.3 is 0 Å². The van der Waals surface area contributed by atoms with Gasteiger partial charge in [0.2, 0.25) is 0 Å². The van der Waals surface area contributed by atoms with E-state index in [1.165, 1.54) is 11.1 Å². The third-order valence-electron chi connectivity index (χ3n) is 4.81. The molecule has 0 saturated carbocycles. The molecule has 1 aromatic carbocycles. The maximum Gasteiger partial charge on any atom is 0.194 e. The number of nitrogens with zero attached hydrogens (tertiary/aromatic N) is 3. The number of hydrogen-bond acceptors (Lipinski definition) is 4. The lowest BCUT2D eigenvalue weighted by Crippen LogP contribution is -2.40. The fourth-order valence-electron chi connectivity index (χ4n) is 3.39. The van der Waals surface area contributed by atoms with Crippen LogP contribution in [-0.4, -0.2) is 72.9 Å². The zero-order chi connectivity index (χ0) is 17.5. The molecule has 2 aliphatic heterocycles. The summed E-state index contributed by atoms with van der Waals surface area (Å²) in [6.45, 7) is 9.69. The average molecular weight is 346 g/mol. The highest BCUT2D eigenvalue weighted by Crippen LogP contribution is 2.15. The third kappa shape index (κ3) is 5.17. The monoisotopic (exact) mass is 346 g/mol. The first-order valence-electron chi connectivity index (χ1n) is 9.34. The van der Waals surface area contributed by atoms with Crippen LogP contribution in [0.4, 0.5) is 0 Å². The van der Waals surface area contributed by atoms with Crippen LogP contribution in [0.15, 0.2) is 29.3 Å². The Kier molecular flexibility index (Phi) is 6.67. The lowest BCUT2D eigenvalue weighted by atomic mass is 10.1. The van der Waals surface area contributed by atoms with E-state index in [0.717, 1.165) is 58.3 Å². The molecule has 25 heavy (non-hydrogen) atoms. The van der Waals surface area contributed by atoms with Crippen molar-refractivity contribution in [3.05, 3.63) is 35.4 Å². The van der Waals surface area contributed by atoms with Crippen LogP contribution < -0.4 is 5.32 Å². The predicted molar refractivity (Wildman–Crippen MR) is 99.6 cm³/mol. The van der Waals surface area contributed by atoms with Crippen molar-refractivity contribution in [2.24, 2.45) is 4.99 Å². The van der Waals surface area contributed by atoms with Crippen LogP contribution >= 0.6 is 0 Å². The van der Waals surface area contributed by atoms with Crippen LogP contribution in [0.5, 0.6) is 0 Å². The van der Waals surface area contributed by atoms with Gasteiger partial charge in [-0.3, -0.25) is 4.90 Å². The van der Waals surface area contributed by atoms with E-state index >= 15 is 0 Å². The highest BCUT2D eigenvalue weighted by molar-refractivity contribution is 5.80. The molecule has 6 heteroatoms. The molecule has 2 aliphatic rings. The van der Waals surface area contributed by atoms with E-state index in [2.05, 4.69) is 46.3 Å². The summed E-state index contributed by atoms with van der Waals surface area (Å²) in [5.41, 5.74) is 2.61. The molecule has 2 heterocycles. The Labute approximate surface area is 150 Å². The molecule has 0 unspecified atom stereocenters. The fraction of sp³-hybridized carbons (Fsp3) is 0.632. The van der Waals surface area contributed by atoms with Gasteiger partial charge in [0.25, 0.3) is 0 Å². The second-order valence-electron chi connectivity index (χ2n) is 6.72. The van der Waals surface area contributed by atoms with Crippen LogP contribution in [0.1, 0.15) is 24.5 Å². The molecule has 2 saturated heterocycles. The van der Waals surface area contributed by atoms with E-state index in [9.17, 15) is 5.11 Å². The predicted octanol–water partition coefficient (Wildman–Crippen LogP) is 1.05. The van der Waals surface area contributed by atoms with E-state index in [1.54, 1.807) is 0 Å². The van der Waals surface area contributed by atoms with Crippen LogP contribution in [0.2, 0.25) is 0 Å². The van der Waals surface area contributed by atoms with Crippen LogP contribution in [0.3, 0.4) is 0 Å². The average Bonchev–Trinajstić information content (AvgIpc) is 3.07. The van der Waals surface area contributed by atoms with Crippen LogP contribution in [0, 0.1) is 0 Å². The maximum absolute atomic E-state index is 9.79. The first-order valence-corrected chi connectivity index (χ1v) is 9.34. The van der Waals surface area contributed by atoms with Gasteiger partial charge in [0.15, 0.2) is 5.96 Å². The number of aliphatic imine (C=N–C) groups is 1. The van der Waals surface area contributed by atoms with Crippen LogP contribution in [-0.2, 0) is 17.8 Å². The molecule has 2 N–H and O–H groups in total. The number of likely N-dealkylation sites (tertiary alicyclic amines) is 1. The fourth-order valence-corrected chi connectivity index (χ4v) is 3.39. The Morgan fingerprint density at radius 1 is 1.24 bits per heavy atom. The third-order valence-corrected chi connectivity index (χ3v) is 4.81. The van der Waals surface area contributed by atoms with Gasteiger partial charge in [-0.25, -0.2) is 4.99 Å². The summed E-state index contributed by atoms with van der Waals surface area (Å²) in [4.78, 5) is 9.42. The van der Waals surface area contributed by atoms with Gasteiger partial charge in [0.1, 0.15) is 0 Å². The number of hydrogen-bond donors (Lipinski definition) is 2. The summed E-state index contributed by atoms with van der Waals surface area (Å²) in [5.74, 6) is 0.903. The zero-order valence-corrected chi connectivity index (χ0v) is 15.2. The van der Waals surface area contributed by atoms with Crippen molar-refractivity contribution >= 4 is 5.96 Å². The van der Waals surface area contributed by atoms with E-state index in [0.29, 0.717) is 13.1 Å². The number of nitrogens with one attached hydrogen (secondary N) is 1. The molecule has 0 aromatic heterocycles. The molecule has 0 aliphatic carbocycles. The number of ether oxygens (including phenoxy) is 1. The van der Waals surface area contributed by atoms with Gasteiger partial charge in [0.05, 0.1) is 25.9 Å². The summed E-state index contributed by atoms with van der Waals surface area (Å²) < 4.78 is 5.44. The minimum absolute atomic E-state index is 0.238. The van der Waals surface area contributed by atoms with Gasteiger partial charge in [-0.1, -0.05) is 24.3 Å². The second-order valence-corrected chi connectivity index (χ2v) is 6.72. The Morgan fingerprint density at radius 2 is 2.00 bits per heavy atom. The largest absolute Gasteiger partial charge is 0.391 e. The number of morpholine rings is 1. The highest BCUT2D eigenvalue weighted by Gasteiger charge is 2.22. The van der Waals surface area contributed by atoms with Crippen molar-refractivity contribution in [2.45, 2.75) is 32.5 Å². The molecule has 6 nitrogen and oxygen atoms in total. The molecule has 0 amide bonds. The first-order chi connectivity index (χ1) is 12.3. The van der Waals surface area contributed by atoms with Crippen LogP contribution in [0.25, 0.3) is 0 Å². The second kappa shape index (κ2) is 9.17. The van der Waals surface area contributed by atoms with Crippen molar-refractivity contribution in [2.75, 3.05) is 45.9 Å². The molecule has 1 aromatic rings. The maximum atomic E-state index is 9.79. The number of aliphatic hydroxyl groups is 1. The lowest BCUT2D eigenvalue weighted by molar-refractivity contribution is 0.0341. The molecule has 0 bridgehead atoms. The van der Waals surface area contributed by atoms with Gasteiger partial charge in [0, 0.05) is 39.3 Å². The number of benzene rings is 1. The van der Waals surface area contributed by atoms with Gasteiger partial charge in [-0.2, -0.15) is 0 Å². The standard InChI is InChI=1S/C19H30N4O2/c1-2-20-19(23-8-7-18(24)15-23)21-13-16-5-3-4-6-17(16)14-22-9-11-25-12-10-22/h3-6,18,24H,2,7-15H2,1H3,(H,20,21)/t18-/m1/s1. The molecule has 3 rings (SSSR count). The molecule has 0 spiro atoms. The molecule has 0 radical (unpaired) electrons. The van der Waals surface area contributed by atoms with E-state index in [4.69, 9.17) is 9.73 Å². The quantitative estimate of drug-likeness (QED) is 0.616. The highest BCUT2D eigenvalue weighted by atomic mass is 16.5. The number of rotatable bonds is 5. The van der Waals surface area contributed by atoms with Crippen molar-refractivity contribution in [1.82, 2.24) is 15.1 Å². The Bertz CT molecular complexity index is 572. The number of guanidine groups is 1. The van der Waals surface area contributed by atoms with Gasteiger partial charge < -0.3 is 20.1 Å². The van der Waals surface area contributed by atoms with E-state index < -0.39 is 0 Å². The van der Waals surface area contributed by atoms with Crippen molar-refractivity contribution in [3.8, 4) is 0 Å². The Hall–Kier alpha value is -1.63. The Morgan fingerprint density at radius 3 is 2.68 bits per heavy atom. The molecule has 2 fully saturated rings. The van der Waals surface area contributed by atoms with Gasteiger partial charge in [-0.15, -0.1) is 0 Å². The topological polar surface area (TPSA) is 60.3 Å². The van der Waals surface area contributed by atoms with E-state index in [1.807, 2.05) is 0 Å². The van der Waals surface area contributed by atoms with Crippen molar-refractivity contribution < 1.29 is 9.84 Å². The summed E-state index contributed by atoms with van der Waals surface area (Å²) in [5, 5.41) is 13.1. The molecule has 1 atom stereocenters. The summed E-state index contributed by atoms with van der Waals surface area (Å²) in [6.07, 6.45) is 0.579. The van der Waals surface area contributed by atoms with Crippen molar-refractivity contribution in [3.63, 3.8) is 0 Å². The van der Waals surface area contributed by atoms with E-state index in [-0.39, 0.29) is 6.10 Å². The lowest BCUT2D eigenvalue weighted by Gasteiger charge is -2.27. The normalized spacial score (nSPS) is 22.4.